The standard InChI is InChI=1S/C19H13F2N3OS/c20-14-9-7-13(8-10-14)12-26-19-23-22-18(17-6-3-11-25-17)24(19)16-5-2-1-4-15(16)21/h1-11H,12H2. The number of thioether (sulfide) groups is 1. The molecule has 0 aliphatic carbocycles. The van der Waals surface area contributed by atoms with E-state index in [-0.39, 0.29) is 11.6 Å². The molecule has 0 bridgehead atoms. The Kier molecular flexibility index (Phi) is 4.53. The molecule has 2 aromatic carbocycles. The van der Waals surface area contributed by atoms with E-state index in [0.29, 0.717) is 28.2 Å². The molecule has 4 nitrogen and oxygen atoms in total. The molecular formula is C19H13F2N3OS. The molecular weight excluding hydrogens is 356 g/mol. The van der Waals surface area contributed by atoms with Crippen molar-refractivity contribution in [3.63, 3.8) is 0 Å². The van der Waals surface area contributed by atoms with Crippen LogP contribution in [0.25, 0.3) is 17.3 Å². The topological polar surface area (TPSA) is 43.9 Å². The Morgan fingerprint density at radius 1 is 0.923 bits per heavy atom. The van der Waals surface area contributed by atoms with E-state index < -0.39 is 0 Å². The van der Waals surface area contributed by atoms with Crippen molar-refractivity contribution in [1.82, 2.24) is 14.8 Å². The molecule has 2 heterocycles. The monoisotopic (exact) mass is 369 g/mol. The van der Waals surface area contributed by atoms with Crippen LogP contribution in [0.3, 0.4) is 0 Å². The molecule has 0 aliphatic heterocycles. The van der Waals surface area contributed by atoms with Gasteiger partial charge in [-0.15, -0.1) is 10.2 Å². The van der Waals surface area contributed by atoms with Gasteiger partial charge in [0.2, 0.25) is 5.82 Å². The van der Waals surface area contributed by atoms with Crippen LogP contribution < -0.4 is 0 Å². The van der Waals surface area contributed by atoms with E-state index in [0.717, 1.165) is 5.56 Å². The molecule has 4 rings (SSSR count). The summed E-state index contributed by atoms with van der Waals surface area (Å²) < 4.78 is 34.5. The Balaban J connectivity index is 1.73. The summed E-state index contributed by atoms with van der Waals surface area (Å²) >= 11 is 1.39. The predicted octanol–water partition coefficient (Wildman–Crippen LogP) is 5.10. The van der Waals surface area contributed by atoms with Crippen molar-refractivity contribution in [3.8, 4) is 17.3 Å². The van der Waals surface area contributed by atoms with Gasteiger partial charge in [0.15, 0.2) is 10.9 Å². The van der Waals surface area contributed by atoms with Crippen molar-refractivity contribution in [2.24, 2.45) is 0 Å². The third kappa shape index (κ3) is 3.25. The normalized spacial score (nSPS) is 11.0. The molecule has 0 saturated carbocycles. The zero-order valence-electron chi connectivity index (χ0n) is 13.5. The van der Waals surface area contributed by atoms with Gasteiger partial charge in [-0.1, -0.05) is 36.0 Å². The summed E-state index contributed by atoms with van der Waals surface area (Å²) in [5.41, 5.74) is 1.27. The first-order valence-corrected chi connectivity index (χ1v) is 8.82. The van der Waals surface area contributed by atoms with Crippen LogP contribution in [0, 0.1) is 11.6 Å². The molecule has 0 aliphatic rings. The third-order valence-corrected chi connectivity index (χ3v) is 4.75. The fourth-order valence-corrected chi connectivity index (χ4v) is 3.41. The summed E-state index contributed by atoms with van der Waals surface area (Å²) in [4.78, 5) is 0. The van der Waals surface area contributed by atoms with Crippen molar-refractivity contribution in [1.29, 1.82) is 0 Å². The van der Waals surface area contributed by atoms with Gasteiger partial charge in [0.05, 0.1) is 12.0 Å². The number of furan rings is 1. The van der Waals surface area contributed by atoms with Crippen LogP contribution in [-0.4, -0.2) is 14.8 Å². The van der Waals surface area contributed by atoms with E-state index in [1.165, 1.54) is 36.2 Å². The number of hydrogen-bond acceptors (Lipinski definition) is 4. The Morgan fingerprint density at radius 3 is 2.46 bits per heavy atom. The minimum Gasteiger partial charge on any atom is -0.461 e. The van der Waals surface area contributed by atoms with E-state index >= 15 is 0 Å². The van der Waals surface area contributed by atoms with Gasteiger partial charge in [0, 0.05) is 5.75 Å². The fourth-order valence-electron chi connectivity index (χ4n) is 2.51. The molecule has 0 N–H and O–H groups in total. The Labute approximate surface area is 152 Å². The molecule has 2 aromatic heterocycles. The van der Waals surface area contributed by atoms with E-state index in [1.807, 2.05) is 0 Å². The second kappa shape index (κ2) is 7.13. The van der Waals surface area contributed by atoms with Gasteiger partial charge in [0.25, 0.3) is 0 Å². The number of hydrogen-bond donors (Lipinski definition) is 0. The first-order valence-electron chi connectivity index (χ1n) is 7.84. The molecule has 0 spiro atoms. The summed E-state index contributed by atoms with van der Waals surface area (Å²) in [5, 5.41) is 8.89. The third-order valence-electron chi connectivity index (χ3n) is 3.75. The predicted molar refractivity (Wildman–Crippen MR) is 95.0 cm³/mol. The van der Waals surface area contributed by atoms with Crippen molar-refractivity contribution >= 4 is 11.8 Å². The average Bonchev–Trinajstić information content (AvgIpc) is 3.31. The first-order chi connectivity index (χ1) is 12.7. The molecule has 130 valence electrons. The van der Waals surface area contributed by atoms with Crippen molar-refractivity contribution in [2.75, 3.05) is 0 Å². The van der Waals surface area contributed by atoms with Crippen molar-refractivity contribution in [2.45, 2.75) is 10.9 Å². The lowest BCUT2D eigenvalue weighted by atomic mass is 10.2. The molecule has 4 aromatic rings. The van der Waals surface area contributed by atoms with Gasteiger partial charge in [-0.3, -0.25) is 4.57 Å². The molecule has 0 saturated heterocycles. The number of rotatable bonds is 5. The zero-order chi connectivity index (χ0) is 17.9. The van der Waals surface area contributed by atoms with E-state index in [4.69, 9.17) is 4.42 Å². The molecule has 0 radical (unpaired) electrons. The van der Waals surface area contributed by atoms with Crippen LogP contribution in [0.1, 0.15) is 5.56 Å². The minimum atomic E-state index is -0.385. The lowest BCUT2D eigenvalue weighted by Crippen LogP contribution is -2.02. The van der Waals surface area contributed by atoms with Gasteiger partial charge in [-0.2, -0.15) is 0 Å². The van der Waals surface area contributed by atoms with Gasteiger partial charge in [-0.25, -0.2) is 8.78 Å². The lowest BCUT2D eigenvalue weighted by Gasteiger charge is -2.10. The highest BCUT2D eigenvalue weighted by atomic mass is 32.2. The van der Waals surface area contributed by atoms with Crippen molar-refractivity contribution in [3.05, 3.63) is 84.1 Å². The SMILES string of the molecule is Fc1ccc(CSc2nnc(-c3ccco3)n2-c2ccccc2F)cc1. The van der Waals surface area contributed by atoms with Crippen LogP contribution in [0.2, 0.25) is 0 Å². The number of halogens is 2. The van der Waals surface area contributed by atoms with E-state index in [9.17, 15) is 8.78 Å². The second-order valence-electron chi connectivity index (χ2n) is 5.49. The highest BCUT2D eigenvalue weighted by Gasteiger charge is 2.20. The average molecular weight is 369 g/mol. The number of para-hydroxylation sites is 1. The summed E-state index contributed by atoms with van der Waals surface area (Å²) in [6.45, 7) is 0. The van der Waals surface area contributed by atoms with Crippen molar-refractivity contribution < 1.29 is 13.2 Å². The van der Waals surface area contributed by atoms with Crippen LogP contribution in [0.4, 0.5) is 8.78 Å². The van der Waals surface area contributed by atoms with Gasteiger partial charge >= 0.3 is 0 Å². The van der Waals surface area contributed by atoms with Crippen LogP contribution in [0.5, 0.6) is 0 Å². The van der Waals surface area contributed by atoms with Crippen LogP contribution in [-0.2, 0) is 5.75 Å². The van der Waals surface area contributed by atoms with Gasteiger partial charge in [0.1, 0.15) is 11.6 Å². The van der Waals surface area contributed by atoms with Gasteiger partial charge < -0.3 is 4.42 Å². The second-order valence-corrected chi connectivity index (χ2v) is 6.43. The van der Waals surface area contributed by atoms with Crippen LogP contribution in [0.15, 0.2) is 76.5 Å². The molecule has 0 unspecified atom stereocenters. The Bertz CT molecular complexity index is 1010. The van der Waals surface area contributed by atoms with Gasteiger partial charge in [-0.05, 0) is 42.0 Å². The minimum absolute atomic E-state index is 0.284. The molecule has 0 fully saturated rings. The van der Waals surface area contributed by atoms with Crippen LogP contribution >= 0.6 is 11.8 Å². The highest BCUT2D eigenvalue weighted by molar-refractivity contribution is 7.98. The number of aromatic nitrogens is 3. The maximum atomic E-state index is 14.4. The Morgan fingerprint density at radius 2 is 1.73 bits per heavy atom. The molecule has 26 heavy (non-hydrogen) atoms. The lowest BCUT2D eigenvalue weighted by molar-refractivity contribution is 0.572. The number of nitrogens with zero attached hydrogens (tertiary/aromatic N) is 3. The smallest absolute Gasteiger partial charge is 0.205 e. The summed E-state index contributed by atoms with van der Waals surface area (Å²) in [7, 11) is 0. The summed E-state index contributed by atoms with van der Waals surface area (Å²) in [6.07, 6.45) is 1.53. The maximum absolute atomic E-state index is 14.4. The highest BCUT2D eigenvalue weighted by Crippen LogP contribution is 2.30. The Hall–Kier alpha value is -2.93. The summed E-state index contributed by atoms with van der Waals surface area (Å²) in [5.74, 6) is 0.790. The molecule has 0 atom stereocenters. The fraction of sp³-hybridized carbons (Fsp3) is 0.0526. The molecule has 7 heteroatoms. The largest absolute Gasteiger partial charge is 0.461 e. The summed E-state index contributed by atoms with van der Waals surface area (Å²) in [6, 6.07) is 16.1. The first kappa shape index (κ1) is 16.5. The van der Waals surface area contributed by atoms with E-state index in [1.54, 1.807) is 47.0 Å². The molecule has 0 amide bonds. The van der Waals surface area contributed by atoms with E-state index in [2.05, 4.69) is 10.2 Å². The number of benzene rings is 2. The zero-order valence-corrected chi connectivity index (χ0v) is 14.3. The quantitative estimate of drug-likeness (QED) is 0.459. The maximum Gasteiger partial charge on any atom is 0.205 e.